The minimum Gasteiger partial charge on any atom is -0.497 e. The van der Waals surface area contributed by atoms with Crippen LogP contribution in [0.15, 0.2) is 47.2 Å². The van der Waals surface area contributed by atoms with E-state index in [-0.39, 0.29) is 6.04 Å². The average Bonchev–Trinajstić information content (AvgIpc) is 3.45. The van der Waals surface area contributed by atoms with Crippen LogP contribution in [0.4, 0.5) is 5.82 Å². The van der Waals surface area contributed by atoms with E-state index in [2.05, 4.69) is 31.0 Å². The summed E-state index contributed by atoms with van der Waals surface area (Å²) in [4.78, 5) is 13.2. The Morgan fingerprint density at radius 3 is 2.93 bits per heavy atom. The number of nitrogens with zero attached hydrogens (tertiary/aromatic N) is 6. The number of rotatable bonds is 4. The Labute approximate surface area is 174 Å². The van der Waals surface area contributed by atoms with Gasteiger partial charge in [-0.2, -0.15) is 5.26 Å². The molecule has 0 amide bonds. The fourth-order valence-electron chi connectivity index (χ4n) is 4.56. The molecule has 1 aromatic carbocycles. The van der Waals surface area contributed by atoms with Crippen LogP contribution in [-0.2, 0) is 0 Å². The Kier molecular flexibility index (Phi) is 4.81. The minimum atomic E-state index is 0.248. The lowest BCUT2D eigenvalue weighted by atomic mass is 10.1. The Balaban J connectivity index is 1.32. The average molecular weight is 402 g/mol. The molecule has 2 aliphatic rings. The fourth-order valence-corrected chi connectivity index (χ4v) is 4.56. The molecule has 3 aromatic rings. The van der Waals surface area contributed by atoms with Gasteiger partial charge in [0.25, 0.3) is 0 Å². The van der Waals surface area contributed by atoms with Crippen LogP contribution in [0, 0.1) is 11.3 Å². The lowest BCUT2D eigenvalue weighted by Crippen LogP contribution is -2.51. The first-order valence-electron chi connectivity index (χ1n) is 10.1. The lowest BCUT2D eigenvalue weighted by molar-refractivity contribution is 0.170. The molecule has 2 atom stereocenters. The van der Waals surface area contributed by atoms with Gasteiger partial charge in [-0.05, 0) is 25.0 Å². The number of hydrogen-bond donors (Lipinski definition) is 0. The minimum absolute atomic E-state index is 0.248. The molecule has 152 valence electrons. The van der Waals surface area contributed by atoms with Crippen molar-refractivity contribution >= 4 is 5.82 Å². The number of aromatic nitrogens is 3. The highest BCUT2D eigenvalue weighted by molar-refractivity contribution is 5.59. The number of nitriles is 1. The summed E-state index contributed by atoms with van der Waals surface area (Å²) < 4.78 is 11.0. The molecule has 0 N–H and O–H groups in total. The summed E-state index contributed by atoms with van der Waals surface area (Å²) in [5.74, 6) is 2.23. The van der Waals surface area contributed by atoms with Crippen molar-refractivity contribution in [3.05, 3.63) is 54.1 Å². The summed E-state index contributed by atoms with van der Waals surface area (Å²) in [6.45, 7) is 2.53. The molecular formula is C22H22N6O2. The van der Waals surface area contributed by atoms with E-state index in [1.165, 1.54) is 0 Å². The molecule has 1 unspecified atom stereocenters. The van der Waals surface area contributed by atoms with Crippen molar-refractivity contribution in [2.75, 3.05) is 31.6 Å². The first-order chi connectivity index (χ1) is 14.8. The molecule has 30 heavy (non-hydrogen) atoms. The highest BCUT2D eigenvalue weighted by Gasteiger charge is 2.40. The normalized spacial score (nSPS) is 21.3. The predicted molar refractivity (Wildman–Crippen MR) is 110 cm³/mol. The monoisotopic (exact) mass is 402 g/mol. The van der Waals surface area contributed by atoms with Gasteiger partial charge < -0.3 is 14.2 Å². The third-order valence-corrected chi connectivity index (χ3v) is 6.01. The van der Waals surface area contributed by atoms with Crippen molar-refractivity contribution in [3.63, 3.8) is 0 Å². The molecule has 2 saturated heterocycles. The Bertz CT molecular complexity index is 1090. The topological polar surface area (TPSA) is 91.3 Å². The van der Waals surface area contributed by atoms with Crippen LogP contribution in [0.3, 0.4) is 0 Å². The van der Waals surface area contributed by atoms with Gasteiger partial charge in [-0.1, -0.05) is 17.3 Å². The van der Waals surface area contributed by atoms with Gasteiger partial charge >= 0.3 is 0 Å². The van der Waals surface area contributed by atoms with Crippen LogP contribution in [0.25, 0.3) is 11.3 Å². The summed E-state index contributed by atoms with van der Waals surface area (Å²) >= 11 is 0. The van der Waals surface area contributed by atoms with E-state index in [0.717, 1.165) is 55.2 Å². The predicted octanol–water partition coefficient (Wildman–Crippen LogP) is 3.04. The van der Waals surface area contributed by atoms with Gasteiger partial charge in [0.15, 0.2) is 17.3 Å². The van der Waals surface area contributed by atoms with Crippen LogP contribution >= 0.6 is 0 Å². The van der Waals surface area contributed by atoms with E-state index in [1.807, 2.05) is 30.3 Å². The largest absolute Gasteiger partial charge is 0.497 e. The molecule has 4 heterocycles. The second kappa shape index (κ2) is 7.76. The van der Waals surface area contributed by atoms with Crippen molar-refractivity contribution in [1.82, 2.24) is 20.0 Å². The number of methoxy groups -OCH3 is 1. The summed E-state index contributed by atoms with van der Waals surface area (Å²) in [5, 5.41) is 13.7. The number of benzene rings is 1. The third-order valence-electron chi connectivity index (χ3n) is 6.01. The molecule has 0 bridgehead atoms. The molecule has 0 saturated carbocycles. The van der Waals surface area contributed by atoms with Gasteiger partial charge in [0.2, 0.25) is 0 Å². The molecule has 2 aliphatic heterocycles. The summed E-state index contributed by atoms with van der Waals surface area (Å²) in [7, 11) is 1.66. The molecule has 8 heteroatoms. The number of hydrogen-bond acceptors (Lipinski definition) is 8. The first kappa shape index (κ1) is 18.6. The van der Waals surface area contributed by atoms with Crippen molar-refractivity contribution in [1.29, 1.82) is 5.26 Å². The van der Waals surface area contributed by atoms with E-state index in [4.69, 9.17) is 9.26 Å². The Hall–Kier alpha value is -3.44. The molecular weight excluding hydrogens is 380 g/mol. The molecule has 2 fully saturated rings. The van der Waals surface area contributed by atoms with Crippen LogP contribution in [0.5, 0.6) is 5.75 Å². The van der Waals surface area contributed by atoms with Crippen LogP contribution in [0.1, 0.15) is 30.3 Å². The highest BCUT2D eigenvalue weighted by atomic mass is 16.5. The van der Waals surface area contributed by atoms with Gasteiger partial charge in [-0.3, -0.25) is 4.90 Å². The van der Waals surface area contributed by atoms with Crippen molar-refractivity contribution in [2.45, 2.75) is 24.9 Å². The van der Waals surface area contributed by atoms with Crippen molar-refractivity contribution in [3.8, 4) is 23.1 Å². The van der Waals surface area contributed by atoms with Crippen LogP contribution in [0.2, 0.25) is 0 Å². The SMILES string of the molecule is COc1cccc(-c2cc([C@H]3CCC4CN(c5nccnc5C#N)CCN43)no2)c1. The molecule has 8 nitrogen and oxygen atoms in total. The lowest BCUT2D eigenvalue weighted by Gasteiger charge is -2.40. The van der Waals surface area contributed by atoms with Gasteiger partial charge in [0.05, 0.1) is 13.2 Å². The third kappa shape index (κ3) is 3.27. The summed E-state index contributed by atoms with van der Waals surface area (Å²) in [6, 6.07) is 12.7. The molecule has 5 rings (SSSR count). The maximum absolute atomic E-state index is 9.34. The summed E-state index contributed by atoms with van der Waals surface area (Å²) in [5.41, 5.74) is 2.32. The van der Waals surface area contributed by atoms with E-state index >= 15 is 0 Å². The number of anilines is 1. The standard InChI is InChI=1S/C22H22N6O2/c1-29-17-4-2-3-15(11-17)21-12-18(26-30-21)20-6-5-16-14-27(9-10-28(16)20)22-19(13-23)24-7-8-25-22/h2-4,7-8,11-12,16,20H,5-6,9-10,14H2,1H3/t16?,20-/m1/s1. The second-order valence-corrected chi connectivity index (χ2v) is 7.62. The van der Waals surface area contributed by atoms with Gasteiger partial charge in [-0.25, -0.2) is 9.97 Å². The number of fused-ring (bicyclic) bond motifs is 1. The highest BCUT2D eigenvalue weighted by Crippen LogP contribution is 2.39. The summed E-state index contributed by atoms with van der Waals surface area (Å²) in [6.07, 6.45) is 5.32. The van der Waals surface area contributed by atoms with Crippen LogP contribution < -0.4 is 9.64 Å². The quantitative estimate of drug-likeness (QED) is 0.658. The van der Waals surface area contributed by atoms with Crippen LogP contribution in [-0.4, -0.2) is 52.8 Å². The number of piperazine rings is 1. The van der Waals surface area contributed by atoms with Gasteiger partial charge in [-0.15, -0.1) is 0 Å². The molecule has 0 radical (unpaired) electrons. The molecule has 0 spiro atoms. The Morgan fingerprint density at radius 1 is 1.17 bits per heavy atom. The van der Waals surface area contributed by atoms with E-state index in [1.54, 1.807) is 19.5 Å². The van der Waals surface area contributed by atoms with Gasteiger partial charge in [0.1, 0.15) is 17.5 Å². The molecule has 2 aromatic heterocycles. The Morgan fingerprint density at radius 2 is 2.07 bits per heavy atom. The van der Waals surface area contributed by atoms with Gasteiger partial charge in [0, 0.05) is 49.7 Å². The molecule has 0 aliphatic carbocycles. The van der Waals surface area contributed by atoms with Crippen molar-refractivity contribution in [2.24, 2.45) is 0 Å². The zero-order chi connectivity index (χ0) is 20.5. The fraction of sp³-hybridized carbons (Fsp3) is 0.364. The zero-order valence-corrected chi connectivity index (χ0v) is 16.7. The smallest absolute Gasteiger partial charge is 0.183 e. The second-order valence-electron chi connectivity index (χ2n) is 7.62. The number of ether oxygens (including phenoxy) is 1. The maximum atomic E-state index is 9.34. The first-order valence-corrected chi connectivity index (χ1v) is 10.1. The van der Waals surface area contributed by atoms with E-state index in [0.29, 0.717) is 17.6 Å². The van der Waals surface area contributed by atoms with E-state index < -0.39 is 0 Å². The van der Waals surface area contributed by atoms with Crippen molar-refractivity contribution < 1.29 is 9.26 Å². The zero-order valence-electron chi connectivity index (χ0n) is 16.7. The maximum Gasteiger partial charge on any atom is 0.183 e. The van der Waals surface area contributed by atoms with E-state index in [9.17, 15) is 5.26 Å².